The van der Waals surface area contributed by atoms with Crippen LogP contribution in [0.15, 0.2) is 53.4 Å². The van der Waals surface area contributed by atoms with E-state index in [1.807, 2.05) is 0 Å². The van der Waals surface area contributed by atoms with Crippen molar-refractivity contribution < 1.29 is 31.5 Å². The number of hydrogen-bond acceptors (Lipinski definition) is 5. The quantitative estimate of drug-likeness (QED) is 0.647. The molecule has 0 aromatic heterocycles. The minimum absolute atomic E-state index is 0.0156. The molecule has 2 aromatic carbocycles. The highest BCUT2D eigenvalue weighted by Crippen LogP contribution is 2.21. The molecule has 0 spiro atoms. The lowest BCUT2D eigenvalue weighted by molar-refractivity contribution is -0.114. The molecule has 0 radical (unpaired) electrons. The second kappa shape index (κ2) is 7.39. The van der Waals surface area contributed by atoms with E-state index in [9.17, 15) is 26.8 Å². The SMILES string of the molecule is CC(=O)Nc1cccc(OC(=O)c2ccc(S(=O)(=O)C(F)F)cc2)c1. The van der Waals surface area contributed by atoms with Crippen molar-refractivity contribution in [2.45, 2.75) is 17.6 Å². The molecule has 2 aromatic rings. The molecule has 0 fully saturated rings. The van der Waals surface area contributed by atoms with Crippen LogP contribution in [0.2, 0.25) is 0 Å². The number of esters is 1. The van der Waals surface area contributed by atoms with Gasteiger partial charge in [-0.2, -0.15) is 8.78 Å². The van der Waals surface area contributed by atoms with Gasteiger partial charge in [-0.05, 0) is 36.4 Å². The molecule has 1 amide bonds. The number of ether oxygens (including phenoxy) is 1. The zero-order chi connectivity index (χ0) is 18.6. The maximum Gasteiger partial charge on any atom is 0.343 e. The number of rotatable bonds is 5. The van der Waals surface area contributed by atoms with Gasteiger partial charge in [0.2, 0.25) is 15.7 Å². The van der Waals surface area contributed by atoms with Crippen molar-refractivity contribution in [3.63, 3.8) is 0 Å². The van der Waals surface area contributed by atoms with Crippen molar-refractivity contribution in [1.29, 1.82) is 0 Å². The van der Waals surface area contributed by atoms with Gasteiger partial charge in [0.05, 0.1) is 10.5 Å². The lowest BCUT2D eigenvalue weighted by atomic mass is 10.2. The van der Waals surface area contributed by atoms with E-state index in [4.69, 9.17) is 4.74 Å². The molecular formula is C16H13F2NO5S. The predicted octanol–water partition coefficient (Wildman–Crippen LogP) is 2.86. The zero-order valence-corrected chi connectivity index (χ0v) is 13.7. The van der Waals surface area contributed by atoms with Gasteiger partial charge >= 0.3 is 11.7 Å². The van der Waals surface area contributed by atoms with Gasteiger partial charge < -0.3 is 10.1 Å². The Bertz CT molecular complexity index is 895. The molecule has 25 heavy (non-hydrogen) atoms. The molecular weight excluding hydrogens is 356 g/mol. The fourth-order valence-corrected chi connectivity index (χ4v) is 2.61. The van der Waals surface area contributed by atoms with Crippen LogP contribution in [0.25, 0.3) is 0 Å². The van der Waals surface area contributed by atoms with Crippen LogP contribution in [-0.4, -0.2) is 26.1 Å². The number of carbonyl (C=O) groups is 2. The Kier molecular flexibility index (Phi) is 5.48. The largest absolute Gasteiger partial charge is 0.423 e. The van der Waals surface area contributed by atoms with E-state index < -0.39 is 26.5 Å². The zero-order valence-electron chi connectivity index (χ0n) is 12.9. The molecule has 0 aliphatic rings. The van der Waals surface area contributed by atoms with E-state index in [0.717, 1.165) is 24.3 Å². The first kappa shape index (κ1) is 18.5. The lowest BCUT2D eigenvalue weighted by Crippen LogP contribution is -2.13. The number of anilines is 1. The van der Waals surface area contributed by atoms with Gasteiger partial charge in [-0.3, -0.25) is 4.79 Å². The van der Waals surface area contributed by atoms with Gasteiger partial charge in [0.25, 0.3) is 0 Å². The summed E-state index contributed by atoms with van der Waals surface area (Å²) < 4.78 is 52.7. The van der Waals surface area contributed by atoms with Crippen molar-refractivity contribution in [1.82, 2.24) is 0 Å². The van der Waals surface area contributed by atoms with Gasteiger partial charge in [-0.25, -0.2) is 13.2 Å². The van der Waals surface area contributed by atoms with E-state index in [-0.39, 0.29) is 17.2 Å². The second-order valence-corrected chi connectivity index (χ2v) is 6.85. The standard InChI is InChI=1S/C16H13F2NO5S/c1-10(20)19-12-3-2-4-13(9-12)24-15(21)11-5-7-14(8-6-11)25(22,23)16(17)18/h2-9,16H,1H3,(H,19,20). The van der Waals surface area contributed by atoms with Crippen molar-refractivity contribution in [3.8, 4) is 5.75 Å². The second-order valence-electron chi connectivity index (χ2n) is 4.93. The highest BCUT2D eigenvalue weighted by Gasteiger charge is 2.26. The first-order valence-electron chi connectivity index (χ1n) is 6.92. The fraction of sp³-hybridized carbons (Fsp3) is 0.125. The topological polar surface area (TPSA) is 89.5 Å². The molecule has 0 heterocycles. The van der Waals surface area contributed by atoms with Crippen molar-refractivity contribution in [2.75, 3.05) is 5.32 Å². The van der Waals surface area contributed by atoms with Crippen LogP contribution in [0.5, 0.6) is 5.75 Å². The molecule has 1 N–H and O–H groups in total. The highest BCUT2D eigenvalue weighted by atomic mass is 32.2. The Morgan fingerprint density at radius 3 is 2.28 bits per heavy atom. The molecule has 0 bridgehead atoms. The molecule has 0 unspecified atom stereocenters. The van der Waals surface area contributed by atoms with Crippen LogP contribution in [0.4, 0.5) is 14.5 Å². The van der Waals surface area contributed by atoms with Crippen molar-refractivity contribution in [2.24, 2.45) is 0 Å². The van der Waals surface area contributed by atoms with Crippen molar-refractivity contribution >= 4 is 27.4 Å². The normalized spacial score (nSPS) is 11.2. The molecule has 0 saturated carbocycles. The number of alkyl halides is 2. The summed E-state index contributed by atoms with van der Waals surface area (Å²) in [5.74, 6) is -4.48. The molecule has 9 heteroatoms. The van der Waals surface area contributed by atoms with Crippen LogP contribution in [0.3, 0.4) is 0 Å². The van der Waals surface area contributed by atoms with Crippen molar-refractivity contribution in [3.05, 3.63) is 54.1 Å². The lowest BCUT2D eigenvalue weighted by Gasteiger charge is -2.08. The van der Waals surface area contributed by atoms with Gasteiger partial charge in [-0.15, -0.1) is 0 Å². The first-order chi connectivity index (χ1) is 11.7. The minimum Gasteiger partial charge on any atom is -0.423 e. The Labute approximate surface area is 142 Å². The third kappa shape index (κ3) is 4.60. The van der Waals surface area contributed by atoms with Crippen LogP contribution in [0.1, 0.15) is 17.3 Å². The Morgan fingerprint density at radius 1 is 1.08 bits per heavy atom. The Morgan fingerprint density at radius 2 is 1.72 bits per heavy atom. The molecule has 0 aliphatic carbocycles. The summed E-state index contributed by atoms with van der Waals surface area (Å²) in [7, 11) is -4.72. The summed E-state index contributed by atoms with van der Waals surface area (Å²) in [5.41, 5.74) is 0.411. The summed E-state index contributed by atoms with van der Waals surface area (Å²) in [4.78, 5) is 22.5. The third-order valence-corrected chi connectivity index (χ3v) is 4.42. The summed E-state index contributed by atoms with van der Waals surface area (Å²) >= 11 is 0. The smallest absolute Gasteiger partial charge is 0.343 e. The molecule has 0 atom stereocenters. The number of halogens is 2. The first-order valence-corrected chi connectivity index (χ1v) is 8.47. The molecule has 6 nitrogen and oxygen atoms in total. The molecule has 132 valence electrons. The van der Waals surface area contributed by atoms with E-state index in [1.165, 1.54) is 19.1 Å². The van der Waals surface area contributed by atoms with Crippen LogP contribution >= 0.6 is 0 Å². The van der Waals surface area contributed by atoms with Crippen LogP contribution in [0, 0.1) is 0 Å². The van der Waals surface area contributed by atoms with Gasteiger partial charge in [-0.1, -0.05) is 6.07 Å². The van der Waals surface area contributed by atoms with Crippen LogP contribution < -0.4 is 10.1 Å². The number of amides is 1. The number of benzene rings is 2. The number of carbonyl (C=O) groups excluding carboxylic acids is 2. The summed E-state index contributed by atoms with van der Waals surface area (Å²) in [6.07, 6.45) is 0. The highest BCUT2D eigenvalue weighted by molar-refractivity contribution is 7.91. The third-order valence-electron chi connectivity index (χ3n) is 3.02. The predicted molar refractivity (Wildman–Crippen MR) is 85.3 cm³/mol. The molecule has 2 rings (SSSR count). The van der Waals surface area contributed by atoms with Gasteiger partial charge in [0.1, 0.15) is 5.75 Å². The van der Waals surface area contributed by atoms with Gasteiger partial charge in [0.15, 0.2) is 0 Å². The number of hydrogen-bond donors (Lipinski definition) is 1. The van der Waals surface area contributed by atoms with E-state index in [2.05, 4.69) is 5.32 Å². The van der Waals surface area contributed by atoms with Gasteiger partial charge in [0, 0.05) is 18.7 Å². The monoisotopic (exact) mass is 369 g/mol. The van der Waals surface area contributed by atoms with Crippen LogP contribution in [-0.2, 0) is 14.6 Å². The Balaban J connectivity index is 2.15. The molecule has 0 saturated heterocycles. The fourth-order valence-electron chi connectivity index (χ4n) is 1.89. The summed E-state index contributed by atoms with van der Waals surface area (Å²) in [5, 5.41) is 2.52. The average molecular weight is 369 g/mol. The minimum atomic E-state index is -4.72. The number of nitrogens with one attached hydrogen (secondary N) is 1. The summed E-state index contributed by atoms with van der Waals surface area (Å²) in [6, 6.07) is 10.0. The van der Waals surface area contributed by atoms with E-state index in [0.29, 0.717) is 5.69 Å². The maximum atomic E-state index is 12.5. The Hall–Kier alpha value is -2.81. The van der Waals surface area contributed by atoms with E-state index >= 15 is 0 Å². The van der Waals surface area contributed by atoms with E-state index in [1.54, 1.807) is 12.1 Å². The average Bonchev–Trinajstić information content (AvgIpc) is 2.54. The summed E-state index contributed by atoms with van der Waals surface area (Å²) in [6.45, 7) is 1.33. The molecule has 0 aliphatic heterocycles. The maximum absolute atomic E-state index is 12.5. The number of sulfone groups is 1.